The fraction of sp³-hybridized carbons (Fsp3) is 0.174. The van der Waals surface area contributed by atoms with Gasteiger partial charge in [-0.05, 0) is 55.7 Å². The molecule has 0 fully saturated rings. The highest BCUT2D eigenvalue weighted by molar-refractivity contribution is 7.92. The number of hydrogen-bond donors (Lipinski definition) is 1. The lowest BCUT2D eigenvalue weighted by atomic mass is 10.0. The first-order chi connectivity index (χ1) is 15.3. The summed E-state index contributed by atoms with van der Waals surface area (Å²) in [6.07, 6.45) is 1.40. The summed E-state index contributed by atoms with van der Waals surface area (Å²) in [6.45, 7) is 2.21. The summed E-state index contributed by atoms with van der Waals surface area (Å²) in [4.78, 5) is 23.5. The van der Waals surface area contributed by atoms with E-state index in [1.54, 1.807) is 48.5 Å². The lowest BCUT2D eigenvalue weighted by molar-refractivity contribution is -0.385. The van der Waals surface area contributed by atoms with Crippen molar-refractivity contribution >= 4 is 33.0 Å². The number of nitrogens with zero attached hydrogens (tertiary/aromatic N) is 2. The first-order valence-electron chi connectivity index (χ1n) is 10.0. The molecule has 164 valence electrons. The van der Waals surface area contributed by atoms with Crippen LogP contribution in [0.15, 0.2) is 71.6 Å². The molecule has 4 rings (SSSR count). The summed E-state index contributed by atoms with van der Waals surface area (Å²) in [5.41, 5.74) is 2.31. The highest BCUT2D eigenvalue weighted by atomic mass is 32.2. The van der Waals surface area contributed by atoms with E-state index >= 15 is 0 Å². The van der Waals surface area contributed by atoms with Gasteiger partial charge in [0.2, 0.25) is 0 Å². The molecule has 0 spiro atoms. The molecule has 9 heteroatoms. The predicted molar refractivity (Wildman–Crippen MR) is 122 cm³/mol. The van der Waals surface area contributed by atoms with Gasteiger partial charge in [-0.1, -0.05) is 35.9 Å². The van der Waals surface area contributed by atoms with E-state index < -0.39 is 20.9 Å². The van der Waals surface area contributed by atoms with Crippen molar-refractivity contribution < 1.29 is 18.1 Å². The standard InChI is InChI=1S/C23H21N3O5S/c1-16-8-12-19(13-9-16)32(30,31)25-14-4-5-17-10-11-18(15-22(17)25)24-23(27)20-6-2-3-7-21(20)26(28)29/h2-3,6-13,15H,4-5,14H2,1H3,(H,24,27). The Hall–Kier alpha value is -3.72. The van der Waals surface area contributed by atoms with Gasteiger partial charge in [-0.15, -0.1) is 0 Å². The molecular formula is C23H21N3O5S. The van der Waals surface area contributed by atoms with Crippen LogP contribution in [0.4, 0.5) is 17.1 Å². The minimum Gasteiger partial charge on any atom is -0.322 e. The van der Waals surface area contributed by atoms with Crippen LogP contribution >= 0.6 is 0 Å². The molecule has 0 saturated heterocycles. The van der Waals surface area contributed by atoms with Crippen LogP contribution in [-0.4, -0.2) is 25.8 Å². The minimum atomic E-state index is -3.78. The molecule has 1 aliphatic rings. The Morgan fingerprint density at radius 3 is 2.50 bits per heavy atom. The largest absolute Gasteiger partial charge is 0.322 e. The van der Waals surface area contributed by atoms with Crippen LogP contribution < -0.4 is 9.62 Å². The zero-order valence-corrected chi connectivity index (χ0v) is 18.1. The zero-order valence-electron chi connectivity index (χ0n) is 17.3. The second kappa shape index (κ2) is 8.43. The number of aryl methyl sites for hydroxylation is 2. The summed E-state index contributed by atoms with van der Waals surface area (Å²) < 4.78 is 28.0. The van der Waals surface area contributed by atoms with Crippen LogP contribution in [0.25, 0.3) is 0 Å². The lowest BCUT2D eigenvalue weighted by Gasteiger charge is -2.31. The Bertz CT molecular complexity index is 1300. The van der Waals surface area contributed by atoms with Gasteiger partial charge in [0.25, 0.3) is 21.6 Å². The summed E-state index contributed by atoms with van der Waals surface area (Å²) >= 11 is 0. The van der Waals surface area contributed by atoms with Crippen molar-refractivity contribution in [2.45, 2.75) is 24.7 Å². The second-order valence-corrected chi connectivity index (χ2v) is 9.43. The van der Waals surface area contributed by atoms with E-state index in [4.69, 9.17) is 0 Å². The fourth-order valence-corrected chi connectivity index (χ4v) is 5.26. The number of hydrogen-bond acceptors (Lipinski definition) is 5. The third-order valence-corrected chi connectivity index (χ3v) is 7.20. The van der Waals surface area contributed by atoms with Gasteiger partial charge < -0.3 is 5.32 Å². The molecule has 32 heavy (non-hydrogen) atoms. The van der Waals surface area contributed by atoms with Crippen molar-refractivity contribution in [2.24, 2.45) is 0 Å². The molecule has 1 aliphatic heterocycles. The van der Waals surface area contributed by atoms with Gasteiger partial charge in [-0.3, -0.25) is 19.2 Å². The minimum absolute atomic E-state index is 0.0700. The molecule has 0 aromatic heterocycles. The maximum absolute atomic E-state index is 13.3. The van der Waals surface area contributed by atoms with E-state index in [-0.39, 0.29) is 16.1 Å². The fourth-order valence-electron chi connectivity index (χ4n) is 3.73. The molecule has 0 atom stereocenters. The Labute approximate surface area is 185 Å². The van der Waals surface area contributed by atoms with Crippen LogP contribution in [0.2, 0.25) is 0 Å². The van der Waals surface area contributed by atoms with Crippen LogP contribution in [0, 0.1) is 17.0 Å². The molecule has 1 N–H and O–H groups in total. The second-order valence-electron chi connectivity index (χ2n) is 7.57. The number of nitro groups is 1. The maximum Gasteiger partial charge on any atom is 0.282 e. The lowest BCUT2D eigenvalue weighted by Crippen LogP contribution is -2.35. The van der Waals surface area contributed by atoms with Gasteiger partial charge in [-0.25, -0.2) is 8.42 Å². The highest BCUT2D eigenvalue weighted by Gasteiger charge is 2.29. The summed E-state index contributed by atoms with van der Waals surface area (Å²) in [5, 5.41) is 13.9. The van der Waals surface area contributed by atoms with Crippen molar-refractivity contribution in [3.8, 4) is 0 Å². The van der Waals surface area contributed by atoms with Crippen LogP contribution in [0.5, 0.6) is 0 Å². The number of nitrogens with one attached hydrogen (secondary N) is 1. The molecule has 3 aromatic carbocycles. The monoisotopic (exact) mass is 451 g/mol. The number of para-hydroxylation sites is 1. The van der Waals surface area contributed by atoms with Gasteiger partial charge in [0, 0.05) is 18.3 Å². The van der Waals surface area contributed by atoms with Crippen molar-refractivity contribution in [2.75, 3.05) is 16.2 Å². The molecule has 1 heterocycles. The zero-order chi connectivity index (χ0) is 22.9. The molecule has 0 bridgehead atoms. The molecule has 0 radical (unpaired) electrons. The average molecular weight is 452 g/mol. The number of amides is 1. The van der Waals surface area contributed by atoms with E-state index in [0.717, 1.165) is 11.1 Å². The van der Waals surface area contributed by atoms with E-state index in [9.17, 15) is 23.3 Å². The number of sulfonamides is 1. The molecule has 0 unspecified atom stereocenters. The predicted octanol–water partition coefficient (Wildman–Crippen LogP) is 4.30. The Balaban J connectivity index is 1.67. The van der Waals surface area contributed by atoms with Crippen molar-refractivity contribution in [1.82, 2.24) is 0 Å². The van der Waals surface area contributed by atoms with E-state index in [0.29, 0.717) is 30.8 Å². The number of rotatable bonds is 5. The van der Waals surface area contributed by atoms with Gasteiger partial charge in [0.15, 0.2) is 0 Å². The smallest absolute Gasteiger partial charge is 0.282 e. The molecule has 8 nitrogen and oxygen atoms in total. The third kappa shape index (κ3) is 4.06. The number of fused-ring (bicyclic) bond motifs is 1. The van der Waals surface area contributed by atoms with Crippen LogP contribution in [0.1, 0.15) is 27.9 Å². The Morgan fingerprint density at radius 2 is 1.78 bits per heavy atom. The van der Waals surface area contributed by atoms with Crippen molar-refractivity contribution in [3.63, 3.8) is 0 Å². The van der Waals surface area contributed by atoms with Crippen molar-refractivity contribution in [3.05, 3.63) is 93.5 Å². The number of carbonyl (C=O) groups is 1. The number of nitro benzene ring substituents is 1. The third-order valence-electron chi connectivity index (χ3n) is 5.37. The Morgan fingerprint density at radius 1 is 1.06 bits per heavy atom. The molecule has 0 saturated carbocycles. The number of anilines is 2. The van der Waals surface area contributed by atoms with Crippen molar-refractivity contribution in [1.29, 1.82) is 0 Å². The Kier molecular flexibility index (Phi) is 5.67. The first-order valence-corrected chi connectivity index (χ1v) is 11.5. The van der Waals surface area contributed by atoms with Gasteiger partial charge in [-0.2, -0.15) is 0 Å². The van der Waals surface area contributed by atoms with E-state index in [2.05, 4.69) is 5.32 Å². The topological polar surface area (TPSA) is 110 Å². The highest BCUT2D eigenvalue weighted by Crippen LogP contribution is 2.34. The molecule has 1 amide bonds. The summed E-state index contributed by atoms with van der Waals surface area (Å²) in [6, 6.07) is 17.4. The number of carbonyl (C=O) groups excluding carboxylic acids is 1. The maximum atomic E-state index is 13.3. The first kappa shape index (κ1) is 21.5. The number of benzene rings is 3. The van der Waals surface area contributed by atoms with Crippen LogP contribution in [-0.2, 0) is 16.4 Å². The summed E-state index contributed by atoms with van der Waals surface area (Å²) in [7, 11) is -3.78. The van der Waals surface area contributed by atoms with Gasteiger partial charge in [0.05, 0.1) is 15.5 Å². The normalized spacial score (nSPS) is 13.3. The van der Waals surface area contributed by atoms with Crippen LogP contribution in [0.3, 0.4) is 0 Å². The van der Waals surface area contributed by atoms with E-state index in [1.165, 1.54) is 22.5 Å². The van der Waals surface area contributed by atoms with Gasteiger partial charge in [0.1, 0.15) is 5.56 Å². The summed E-state index contributed by atoms with van der Waals surface area (Å²) in [5.74, 6) is -0.638. The van der Waals surface area contributed by atoms with Gasteiger partial charge >= 0.3 is 0 Å². The SMILES string of the molecule is Cc1ccc(S(=O)(=O)N2CCCc3ccc(NC(=O)c4ccccc4[N+](=O)[O-])cc32)cc1. The quantitative estimate of drug-likeness (QED) is 0.459. The van der Waals surface area contributed by atoms with E-state index in [1.807, 2.05) is 6.92 Å². The molecular weight excluding hydrogens is 430 g/mol. The molecule has 0 aliphatic carbocycles. The average Bonchev–Trinajstić information content (AvgIpc) is 2.78. The molecule has 3 aromatic rings.